The average molecular weight is 390 g/mol. The number of anilines is 1. The smallest absolute Gasteiger partial charge is 0.293 e. The third kappa shape index (κ3) is 3.12. The fourth-order valence-corrected chi connectivity index (χ4v) is 3.88. The van der Waals surface area contributed by atoms with E-state index in [0.29, 0.717) is 24.4 Å². The average Bonchev–Trinajstić information content (AvgIpc) is 3.42. The second kappa shape index (κ2) is 7.05. The maximum Gasteiger partial charge on any atom is 0.293 e. The van der Waals surface area contributed by atoms with Crippen molar-refractivity contribution in [1.82, 2.24) is 15.0 Å². The summed E-state index contributed by atoms with van der Waals surface area (Å²) in [6, 6.07) is 13.9. The van der Waals surface area contributed by atoms with E-state index in [-0.39, 0.29) is 30.2 Å². The molecule has 0 radical (unpaired) electrons. The molecule has 8 nitrogen and oxygen atoms in total. The Balaban J connectivity index is 1.54. The molecule has 146 valence electrons. The number of aromatic nitrogens is 2. The second-order valence-corrected chi connectivity index (χ2v) is 7.04. The lowest BCUT2D eigenvalue weighted by Crippen LogP contribution is -2.47. The van der Waals surface area contributed by atoms with Crippen LogP contribution in [-0.2, 0) is 11.3 Å². The molecule has 2 aliphatic heterocycles. The van der Waals surface area contributed by atoms with Crippen LogP contribution >= 0.6 is 0 Å². The number of rotatable bonds is 3. The Bertz CT molecular complexity index is 1040. The lowest BCUT2D eigenvalue weighted by molar-refractivity contribution is -0.122. The molecule has 5 rings (SSSR count). The fourth-order valence-electron chi connectivity index (χ4n) is 3.88. The quantitative estimate of drug-likeness (QED) is 0.682. The van der Waals surface area contributed by atoms with E-state index in [4.69, 9.17) is 9.26 Å². The van der Waals surface area contributed by atoms with Crippen LogP contribution in [-0.4, -0.2) is 45.5 Å². The predicted molar refractivity (Wildman–Crippen MR) is 102 cm³/mol. The summed E-state index contributed by atoms with van der Waals surface area (Å²) < 4.78 is 11.2. The number of fused-ring (bicyclic) bond motifs is 3. The molecule has 1 fully saturated rings. The third-order valence-corrected chi connectivity index (χ3v) is 5.22. The van der Waals surface area contributed by atoms with E-state index in [9.17, 15) is 9.59 Å². The summed E-state index contributed by atoms with van der Waals surface area (Å²) in [5.74, 6) is 0.197. The van der Waals surface area contributed by atoms with Crippen LogP contribution < -0.4 is 9.64 Å². The Hall–Kier alpha value is -3.68. The van der Waals surface area contributed by atoms with E-state index in [2.05, 4.69) is 10.1 Å². The first-order chi connectivity index (χ1) is 14.2. The van der Waals surface area contributed by atoms with Crippen molar-refractivity contribution in [3.05, 3.63) is 72.4 Å². The van der Waals surface area contributed by atoms with Crippen LogP contribution in [0.25, 0.3) is 0 Å². The van der Waals surface area contributed by atoms with Crippen molar-refractivity contribution in [2.75, 3.05) is 11.4 Å². The Kier molecular flexibility index (Phi) is 4.23. The highest BCUT2D eigenvalue weighted by Gasteiger charge is 2.45. The number of hydrogen-bond donors (Lipinski definition) is 0. The molecule has 1 saturated heterocycles. The van der Waals surface area contributed by atoms with E-state index >= 15 is 0 Å². The van der Waals surface area contributed by atoms with Gasteiger partial charge in [-0.05, 0) is 24.3 Å². The Morgan fingerprint density at radius 2 is 1.97 bits per heavy atom. The SMILES string of the molecule is O=C1[C@@H]2C[C@@H](CN2C(=O)c2ccno2)Oc2ccccc2N1Cc1ccccn1. The number of hydrogen-bond acceptors (Lipinski definition) is 6. The zero-order valence-electron chi connectivity index (χ0n) is 15.5. The van der Waals surface area contributed by atoms with Crippen molar-refractivity contribution in [1.29, 1.82) is 0 Å². The van der Waals surface area contributed by atoms with Gasteiger partial charge in [0.2, 0.25) is 11.7 Å². The third-order valence-electron chi connectivity index (χ3n) is 5.22. The lowest BCUT2D eigenvalue weighted by Gasteiger charge is -2.31. The zero-order chi connectivity index (χ0) is 19.8. The predicted octanol–water partition coefficient (Wildman–Crippen LogP) is 2.28. The summed E-state index contributed by atoms with van der Waals surface area (Å²) in [6.45, 7) is 0.591. The van der Waals surface area contributed by atoms with E-state index in [1.165, 1.54) is 17.2 Å². The molecule has 2 aliphatic rings. The number of carbonyl (C=O) groups is 2. The van der Waals surface area contributed by atoms with Gasteiger partial charge in [-0.2, -0.15) is 0 Å². The maximum atomic E-state index is 13.6. The molecule has 4 heterocycles. The molecule has 0 saturated carbocycles. The summed E-state index contributed by atoms with van der Waals surface area (Å²) >= 11 is 0. The molecule has 3 aromatic rings. The molecule has 2 bridgehead atoms. The normalized spacial score (nSPS) is 20.6. The minimum atomic E-state index is -0.644. The van der Waals surface area contributed by atoms with Crippen LogP contribution in [0.2, 0.25) is 0 Å². The summed E-state index contributed by atoms with van der Waals surface area (Å²) in [4.78, 5) is 34.0. The van der Waals surface area contributed by atoms with Gasteiger partial charge in [0.15, 0.2) is 0 Å². The number of pyridine rings is 1. The summed E-state index contributed by atoms with van der Waals surface area (Å²) in [6.07, 6.45) is 3.26. The van der Waals surface area contributed by atoms with Gasteiger partial charge < -0.3 is 19.1 Å². The maximum absolute atomic E-state index is 13.6. The Labute approximate surface area is 166 Å². The Morgan fingerprint density at radius 3 is 2.76 bits per heavy atom. The topological polar surface area (TPSA) is 88.8 Å². The molecule has 0 spiro atoms. The Morgan fingerprint density at radius 1 is 1.10 bits per heavy atom. The molecule has 2 aromatic heterocycles. The number of nitrogens with zero attached hydrogens (tertiary/aromatic N) is 4. The number of likely N-dealkylation sites (tertiary alicyclic amines) is 1. The standard InChI is InChI=1S/C21H18N4O4/c26-20-17-11-15(13-25(17)21(27)19-8-10-23-29-19)28-18-7-2-1-6-16(18)24(20)12-14-5-3-4-9-22-14/h1-10,15,17H,11-13H2/t15-,17-/m0/s1. The highest BCUT2D eigenvalue weighted by Crippen LogP contribution is 2.37. The molecular weight excluding hydrogens is 372 g/mol. The van der Waals surface area contributed by atoms with Crippen LogP contribution in [0.1, 0.15) is 22.7 Å². The van der Waals surface area contributed by atoms with Crippen LogP contribution in [0.15, 0.2) is 65.4 Å². The van der Waals surface area contributed by atoms with Gasteiger partial charge in [0.25, 0.3) is 5.91 Å². The van der Waals surface area contributed by atoms with Crippen LogP contribution in [0, 0.1) is 0 Å². The van der Waals surface area contributed by atoms with E-state index < -0.39 is 6.04 Å². The number of benzene rings is 1. The molecule has 1 aromatic carbocycles. The second-order valence-electron chi connectivity index (χ2n) is 7.04. The van der Waals surface area contributed by atoms with Crippen molar-refractivity contribution >= 4 is 17.5 Å². The van der Waals surface area contributed by atoms with Gasteiger partial charge in [0.1, 0.15) is 17.9 Å². The van der Waals surface area contributed by atoms with Crippen molar-refractivity contribution in [3.63, 3.8) is 0 Å². The molecule has 0 aliphatic carbocycles. The van der Waals surface area contributed by atoms with Crippen molar-refractivity contribution in [3.8, 4) is 5.75 Å². The highest BCUT2D eigenvalue weighted by molar-refractivity contribution is 6.03. The van der Waals surface area contributed by atoms with Crippen LogP contribution in [0.4, 0.5) is 5.69 Å². The van der Waals surface area contributed by atoms with Gasteiger partial charge in [-0.1, -0.05) is 23.4 Å². The lowest BCUT2D eigenvalue weighted by atomic mass is 10.1. The van der Waals surface area contributed by atoms with Crippen LogP contribution in [0.5, 0.6) is 5.75 Å². The van der Waals surface area contributed by atoms with E-state index in [0.717, 1.165) is 5.69 Å². The van der Waals surface area contributed by atoms with Crippen molar-refractivity contribution < 1.29 is 18.8 Å². The minimum Gasteiger partial charge on any atom is -0.486 e. The first-order valence-electron chi connectivity index (χ1n) is 9.39. The largest absolute Gasteiger partial charge is 0.486 e. The van der Waals surface area contributed by atoms with Gasteiger partial charge in [-0.3, -0.25) is 14.6 Å². The first-order valence-corrected chi connectivity index (χ1v) is 9.39. The molecular formula is C21H18N4O4. The zero-order valence-corrected chi connectivity index (χ0v) is 15.5. The first kappa shape index (κ1) is 17.4. The minimum absolute atomic E-state index is 0.108. The summed E-state index contributed by atoms with van der Waals surface area (Å²) in [7, 11) is 0. The number of amides is 2. The molecule has 2 atom stereocenters. The summed E-state index contributed by atoms with van der Waals surface area (Å²) in [5, 5.41) is 3.60. The van der Waals surface area contributed by atoms with Crippen LogP contribution in [0.3, 0.4) is 0 Å². The fraction of sp³-hybridized carbons (Fsp3) is 0.238. The molecule has 0 unspecified atom stereocenters. The monoisotopic (exact) mass is 390 g/mol. The molecule has 0 N–H and O–H groups in total. The van der Waals surface area contributed by atoms with E-state index in [1.54, 1.807) is 11.1 Å². The summed E-state index contributed by atoms with van der Waals surface area (Å²) in [5.41, 5.74) is 1.42. The molecule has 2 amide bonds. The van der Waals surface area contributed by atoms with Gasteiger partial charge in [0.05, 0.1) is 30.7 Å². The highest BCUT2D eigenvalue weighted by atomic mass is 16.5. The van der Waals surface area contributed by atoms with Gasteiger partial charge in [-0.25, -0.2) is 0 Å². The number of carbonyl (C=O) groups excluding carboxylic acids is 2. The van der Waals surface area contributed by atoms with Gasteiger partial charge >= 0.3 is 0 Å². The van der Waals surface area contributed by atoms with Gasteiger partial charge in [-0.15, -0.1) is 0 Å². The molecule has 8 heteroatoms. The molecule has 29 heavy (non-hydrogen) atoms. The van der Waals surface area contributed by atoms with Crippen molar-refractivity contribution in [2.24, 2.45) is 0 Å². The van der Waals surface area contributed by atoms with E-state index in [1.807, 2.05) is 42.5 Å². The van der Waals surface area contributed by atoms with Gasteiger partial charge in [0, 0.05) is 18.7 Å². The number of para-hydroxylation sites is 2. The number of ether oxygens (including phenoxy) is 1. The van der Waals surface area contributed by atoms with Crippen molar-refractivity contribution in [2.45, 2.75) is 25.1 Å².